The predicted octanol–water partition coefficient (Wildman–Crippen LogP) is 4.82. The van der Waals surface area contributed by atoms with Crippen LogP contribution in [-0.4, -0.2) is 10.8 Å². The van der Waals surface area contributed by atoms with Gasteiger partial charge < -0.3 is 0 Å². The van der Waals surface area contributed by atoms with Gasteiger partial charge in [0.25, 0.3) is 0 Å². The summed E-state index contributed by atoms with van der Waals surface area (Å²) < 4.78 is 0. The minimum absolute atomic E-state index is 0.337. The van der Waals surface area contributed by atoms with Crippen molar-refractivity contribution in [1.29, 1.82) is 0 Å². The number of pyridine rings is 1. The molecule has 114 valence electrons. The first-order chi connectivity index (χ1) is 11.2. The second kappa shape index (κ2) is 5.95. The van der Waals surface area contributed by atoms with E-state index in [-0.39, 0.29) is 0 Å². The van der Waals surface area contributed by atoms with Crippen LogP contribution in [0, 0.1) is 0 Å². The average molecular weight is 337 g/mol. The number of thiophene rings is 1. The van der Waals surface area contributed by atoms with Crippen LogP contribution in [0.1, 0.15) is 16.9 Å². The SMILES string of the molecule is O=C1CCc2sc(-c3ccncc3)c(-c3ccc(S)cc3)c2C1. The second-order valence-corrected chi connectivity index (χ2v) is 7.33. The topological polar surface area (TPSA) is 30.0 Å². The largest absolute Gasteiger partial charge is 0.299 e. The van der Waals surface area contributed by atoms with Crippen molar-refractivity contribution in [2.24, 2.45) is 0 Å². The van der Waals surface area contributed by atoms with Crippen molar-refractivity contribution in [3.8, 4) is 21.6 Å². The fraction of sp³-hybridized carbons (Fsp3) is 0.158. The van der Waals surface area contributed by atoms with E-state index in [1.165, 1.54) is 20.9 Å². The molecule has 0 saturated heterocycles. The molecule has 0 fully saturated rings. The van der Waals surface area contributed by atoms with Gasteiger partial charge in [0.2, 0.25) is 0 Å². The van der Waals surface area contributed by atoms with Gasteiger partial charge in [-0.2, -0.15) is 0 Å². The molecular weight excluding hydrogens is 322 g/mol. The molecule has 0 atom stereocenters. The average Bonchev–Trinajstić information content (AvgIpc) is 2.95. The Morgan fingerprint density at radius 1 is 0.957 bits per heavy atom. The molecule has 4 heteroatoms. The third-order valence-electron chi connectivity index (χ3n) is 4.19. The number of benzene rings is 1. The van der Waals surface area contributed by atoms with Crippen molar-refractivity contribution >= 4 is 29.7 Å². The Labute approximate surface area is 144 Å². The number of rotatable bonds is 2. The predicted molar refractivity (Wildman–Crippen MR) is 97.3 cm³/mol. The molecule has 0 saturated carbocycles. The second-order valence-electron chi connectivity index (χ2n) is 5.71. The van der Waals surface area contributed by atoms with E-state index >= 15 is 0 Å². The van der Waals surface area contributed by atoms with Crippen molar-refractivity contribution in [3.63, 3.8) is 0 Å². The standard InChI is InChI=1S/C19H15NOS2/c21-14-3-6-17-16(11-14)18(12-1-4-15(22)5-2-12)19(23-17)13-7-9-20-10-8-13/h1-2,4-5,7-10,22H,3,6,11H2. The Balaban J connectivity index is 1.96. The summed E-state index contributed by atoms with van der Waals surface area (Å²) in [6.07, 6.45) is 5.72. The maximum Gasteiger partial charge on any atom is 0.137 e. The third-order valence-corrected chi connectivity index (χ3v) is 5.83. The molecule has 23 heavy (non-hydrogen) atoms. The van der Waals surface area contributed by atoms with Gasteiger partial charge in [0.1, 0.15) is 5.78 Å². The van der Waals surface area contributed by atoms with Gasteiger partial charge in [-0.25, -0.2) is 0 Å². The Bertz CT molecular complexity index is 866. The summed E-state index contributed by atoms with van der Waals surface area (Å²) in [4.78, 5) is 19.6. The van der Waals surface area contributed by atoms with E-state index in [0.717, 1.165) is 22.4 Å². The van der Waals surface area contributed by atoms with Crippen molar-refractivity contribution in [2.45, 2.75) is 24.2 Å². The number of Topliss-reactive ketones (excluding diaryl/α,β-unsaturated/α-hetero) is 1. The lowest BCUT2D eigenvalue weighted by Crippen LogP contribution is -2.11. The lowest BCUT2D eigenvalue weighted by molar-refractivity contribution is -0.118. The zero-order valence-electron chi connectivity index (χ0n) is 12.5. The summed E-state index contributed by atoms with van der Waals surface area (Å²) in [5.74, 6) is 0.337. The number of ketones is 1. The molecule has 2 nitrogen and oxygen atoms in total. The first-order valence-electron chi connectivity index (χ1n) is 7.58. The lowest BCUT2D eigenvalue weighted by atomic mass is 9.90. The van der Waals surface area contributed by atoms with Crippen LogP contribution in [0.4, 0.5) is 0 Å². The van der Waals surface area contributed by atoms with Crippen LogP contribution in [0.25, 0.3) is 21.6 Å². The normalized spacial score (nSPS) is 13.9. The molecule has 1 aliphatic rings. The number of hydrogen-bond acceptors (Lipinski definition) is 4. The zero-order valence-corrected chi connectivity index (χ0v) is 14.2. The quantitative estimate of drug-likeness (QED) is 0.679. The maximum atomic E-state index is 12.0. The van der Waals surface area contributed by atoms with Gasteiger partial charge in [-0.05, 0) is 47.4 Å². The number of fused-ring (bicyclic) bond motifs is 1. The highest BCUT2D eigenvalue weighted by molar-refractivity contribution is 7.80. The number of carbonyl (C=O) groups excluding carboxylic acids is 1. The van der Waals surface area contributed by atoms with Gasteiger partial charge in [0.05, 0.1) is 0 Å². The monoisotopic (exact) mass is 337 g/mol. The molecule has 0 unspecified atom stereocenters. The first kappa shape index (κ1) is 14.7. The van der Waals surface area contributed by atoms with Crippen molar-refractivity contribution in [3.05, 3.63) is 59.2 Å². The van der Waals surface area contributed by atoms with Gasteiger partial charge in [-0.15, -0.1) is 24.0 Å². The van der Waals surface area contributed by atoms with E-state index in [1.54, 1.807) is 0 Å². The highest BCUT2D eigenvalue weighted by Crippen LogP contribution is 2.45. The van der Waals surface area contributed by atoms with Crippen LogP contribution in [0.15, 0.2) is 53.7 Å². The Hall–Kier alpha value is -1.91. The number of nitrogens with zero attached hydrogens (tertiary/aromatic N) is 1. The van der Waals surface area contributed by atoms with Gasteiger partial charge in [-0.1, -0.05) is 12.1 Å². The Kier molecular flexibility index (Phi) is 3.79. The van der Waals surface area contributed by atoms with Crippen LogP contribution < -0.4 is 0 Å². The molecule has 4 rings (SSSR count). The summed E-state index contributed by atoms with van der Waals surface area (Å²) in [6, 6.07) is 12.3. The van der Waals surface area contributed by atoms with E-state index in [2.05, 4.69) is 29.7 Å². The highest BCUT2D eigenvalue weighted by Gasteiger charge is 2.25. The minimum Gasteiger partial charge on any atom is -0.299 e. The number of aromatic nitrogens is 1. The van der Waals surface area contributed by atoms with Crippen molar-refractivity contribution in [1.82, 2.24) is 4.98 Å². The molecular formula is C19H15NOS2. The molecule has 1 aromatic carbocycles. The van der Waals surface area contributed by atoms with Crippen molar-refractivity contribution < 1.29 is 4.79 Å². The van der Waals surface area contributed by atoms with Gasteiger partial charge in [0.15, 0.2) is 0 Å². The number of thiol groups is 1. The van der Waals surface area contributed by atoms with Crippen LogP contribution in [0.3, 0.4) is 0 Å². The smallest absolute Gasteiger partial charge is 0.137 e. The molecule has 2 aromatic heterocycles. The fourth-order valence-corrected chi connectivity index (χ4v) is 4.57. The lowest BCUT2D eigenvalue weighted by Gasteiger charge is -2.13. The molecule has 0 spiro atoms. The molecule has 0 aliphatic heterocycles. The number of aryl methyl sites for hydroxylation is 1. The van der Waals surface area contributed by atoms with E-state index in [4.69, 9.17) is 0 Å². The third kappa shape index (κ3) is 2.73. The van der Waals surface area contributed by atoms with Gasteiger partial charge >= 0.3 is 0 Å². The van der Waals surface area contributed by atoms with Crippen LogP contribution in [0.2, 0.25) is 0 Å². The molecule has 2 heterocycles. The summed E-state index contributed by atoms with van der Waals surface area (Å²) >= 11 is 6.20. The summed E-state index contributed by atoms with van der Waals surface area (Å²) in [5, 5.41) is 0. The highest BCUT2D eigenvalue weighted by atomic mass is 32.1. The van der Waals surface area contributed by atoms with Crippen LogP contribution in [0.5, 0.6) is 0 Å². The zero-order chi connectivity index (χ0) is 15.8. The molecule has 0 bridgehead atoms. The minimum atomic E-state index is 0.337. The number of carbonyl (C=O) groups is 1. The van der Waals surface area contributed by atoms with Gasteiger partial charge in [0, 0.05) is 45.4 Å². The molecule has 3 aromatic rings. The first-order valence-corrected chi connectivity index (χ1v) is 8.85. The van der Waals surface area contributed by atoms with Gasteiger partial charge in [-0.3, -0.25) is 9.78 Å². The number of hydrogen-bond donors (Lipinski definition) is 1. The van der Waals surface area contributed by atoms with Crippen molar-refractivity contribution in [2.75, 3.05) is 0 Å². The Morgan fingerprint density at radius 2 is 1.70 bits per heavy atom. The Morgan fingerprint density at radius 3 is 2.43 bits per heavy atom. The molecule has 0 radical (unpaired) electrons. The van der Waals surface area contributed by atoms with E-state index in [9.17, 15) is 4.79 Å². The summed E-state index contributed by atoms with van der Waals surface area (Å²) in [5.41, 5.74) is 4.74. The summed E-state index contributed by atoms with van der Waals surface area (Å²) in [7, 11) is 0. The van der Waals surface area contributed by atoms with E-state index in [1.807, 2.05) is 48.0 Å². The van der Waals surface area contributed by atoms with E-state index in [0.29, 0.717) is 18.6 Å². The van der Waals surface area contributed by atoms with Crippen LogP contribution >= 0.6 is 24.0 Å². The maximum absolute atomic E-state index is 12.0. The molecule has 1 aliphatic carbocycles. The van der Waals surface area contributed by atoms with E-state index < -0.39 is 0 Å². The fourth-order valence-electron chi connectivity index (χ4n) is 3.08. The summed E-state index contributed by atoms with van der Waals surface area (Å²) in [6.45, 7) is 0. The van der Waals surface area contributed by atoms with Crippen LogP contribution in [-0.2, 0) is 17.6 Å². The molecule has 0 amide bonds. The molecule has 0 N–H and O–H groups in total.